The third-order valence-electron chi connectivity index (χ3n) is 2.67. The lowest BCUT2D eigenvalue weighted by Crippen LogP contribution is -2.32. The van der Waals surface area contributed by atoms with Gasteiger partial charge in [0.15, 0.2) is 0 Å². The summed E-state index contributed by atoms with van der Waals surface area (Å²) in [4.78, 5) is 26.8. The Balaban J connectivity index is 2.08. The van der Waals surface area contributed by atoms with Crippen LogP contribution in [0.2, 0.25) is 0 Å². The van der Waals surface area contributed by atoms with Crippen molar-refractivity contribution < 1.29 is 19.8 Å². The monoisotopic (exact) mass is 291 g/mol. The standard InChI is InChI=1S/C12H13N5O4/c1-6(10-13-5-14-17-10)15-12(21)16-9-3-2-7(18)4-8(9)11(19)20/h2-6,18H,1H3,(H,19,20)(H,13,14,17)(H2,15,16,21). The molecule has 0 aliphatic rings. The number of carbonyl (C=O) groups excluding carboxylic acids is 1. The molecule has 0 spiro atoms. The number of H-pyrrole nitrogens is 1. The number of phenols is 1. The molecule has 1 unspecified atom stereocenters. The first-order valence-corrected chi connectivity index (χ1v) is 5.96. The summed E-state index contributed by atoms with van der Waals surface area (Å²) in [5.41, 5.74) is -0.139. The van der Waals surface area contributed by atoms with E-state index in [1.807, 2.05) is 0 Å². The van der Waals surface area contributed by atoms with Crippen molar-refractivity contribution in [1.29, 1.82) is 0 Å². The van der Waals surface area contributed by atoms with Gasteiger partial charge in [-0.1, -0.05) is 0 Å². The van der Waals surface area contributed by atoms with E-state index in [-0.39, 0.29) is 17.0 Å². The highest BCUT2D eigenvalue weighted by molar-refractivity contribution is 6.00. The van der Waals surface area contributed by atoms with Crippen LogP contribution in [0.15, 0.2) is 24.5 Å². The first-order chi connectivity index (χ1) is 9.97. The first-order valence-electron chi connectivity index (χ1n) is 5.96. The normalized spacial score (nSPS) is 11.7. The van der Waals surface area contributed by atoms with E-state index in [9.17, 15) is 14.7 Å². The molecule has 0 radical (unpaired) electrons. The minimum absolute atomic E-state index is 0.0718. The molecule has 0 fully saturated rings. The first kappa shape index (κ1) is 14.3. The molecule has 0 bridgehead atoms. The predicted molar refractivity (Wildman–Crippen MR) is 72.0 cm³/mol. The molecule has 2 amide bonds. The van der Waals surface area contributed by atoms with Gasteiger partial charge in [-0.3, -0.25) is 5.10 Å². The van der Waals surface area contributed by atoms with Gasteiger partial charge in [0, 0.05) is 0 Å². The van der Waals surface area contributed by atoms with E-state index in [4.69, 9.17) is 5.11 Å². The summed E-state index contributed by atoms with van der Waals surface area (Å²) in [6, 6.07) is 2.60. The van der Waals surface area contributed by atoms with E-state index in [0.29, 0.717) is 5.82 Å². The van der Waals surface area contributed by atoms with E-state index in [1.54, 1.807) is 6.92 Å². The fourth-order valence-corrected chi connectivity index (χ4v) is 1.67. The topological polar surface area (TPSA) is 140 Å². The third kappa shape index (κ3) is 3.47. The molecule has 0 saturated heterocycles. The molecule has 2 aromatic rings. The van der Waals surface area contributed by atoms with Crippen molar-refractivity contribution in [3.05, 3.63) is 35.9 Å². The SMILES string of the molecule is CC(NC(=O)Nc1ccc(O)cc1C(=O)O)c1ncn[nH]1. The van der Waals surface area contributed by atoms with E-state index in [1.165, 1.54) is 18.5 Å². The molecule has 110 valence electrons. The van der Waals surface area contributed by atoms with Gasteiger partial charge in [0.2, 0.25) is 0 Å². The fourth-order valence-electron chi connectivity index (χ4n) is 1.67. The van der Waals surface area contributed by atoms with Crippen LogP contribution in [0, 0.1) is 0 Å². The number of carboxylic acids is 1. The zero-order valence-electron chi connectivity index (χ0n) is 11.0. The van der Waals surface area contributed by atoms with E-state index in [0.717, 1.165) is 6.07 Å². The van der Waals surface area contributed by atoms with Gasteiger partial charge < -0.3 is 20.8 Å². The molecule has 5 N–H and O–H groups in total. The number of aromatic carboxylic acids is 1. The molecule has 1 aromatic carbocycles. The van der Waals surface area contributed by atoms with Crippen LogP contribution in [0.3, 0.4) is 0 Å². The lowest BCUT2D eigenvalue weighted by Gasteiger charge is -2.13. The summed E-state index contributed by atoms with van der Waals surface area (Å²) in [5.74, 6) is -0.993. The molecule has 0 aliphatic carbocycles. The number of urea groups is 1. The number of benzene rings is 1. The van der Waals surface area contributed by atoms with Crippen LogP contribution in [0.25, 0.3) is 0 Å². The number of nitrogens with one attached hydrogen (secondary N) is 3. The summed E-state index contributed by atoms with van der Waals surface area (Å²) in [5, 5.41) is 29.6. The lowest BCUT2D eigenvalue weighted by molar-refractivity contribution is 0.0697. The summed E-state index contributed by atoms with van der Waals surface area (Å²) in [6.45, 7) is 1.69. The Kier molecular flexibility index (Phi) is 4.02. The van der Waals surface area contributed by atoms with Crippen LogP contribution in [-0.2, 0) is 0 Å². The zero-order chi connectivity index (χ0) is 15.4. The molecular weight excluding hydrogens is 278 g/mol. The second-order valence-corrected chi connectivity index (χ2v) is 4.23. The highest BCUT2D eigenvalue weighted by atomic mass is 16.4. The minimum Gasteiger partial charge on any atom is -0.508 e. The van der Waals surface area contributed by atoms with Crippen molar-refractivity contribution in [2.75, 3.05) is 5.32 Å². The number of nitrogens with zero attached hydrogens (tertiary/aromatic N) is 2. The van der Waals surface area contributed by atoms with Crippen LogP contribution < -0.4 is 10.6 Å². The van der Waals surface area contributed by atoms with Crippen molar-refractivity contribution in [3.63, 3.8) is 0 Å². The maximum absolute atomic E-state index is 11.8. The molecule has 21 heavy (non-hydrogen) atoms. The number of carboxylic acid groups (broad SMARTS) is 1. The van der Waals surface area contributed by atoms with Crippen molar-refractivity contribution in [2.24, 2.45) is 0 Å². The number of hydrogen-bond donors (Lipinski definition) is 5. The highest BCUT2D eigenvalue weighted by Crippen LogP contribution is 2.21. The second-order valence-electron chi connectivity index (χ2n) is 4.23. The molecule has 1 aromatic heterocycles. The molecule has 2 rings (SSSR count). The quantitative estimate of drug-likeness (QED) is 0.534. The number of hydrogen-bond acceptors (Lipinski definition) is 5. The summed E-state index contributed by atoms with van der Waals surface area (Å²) in [7, 11) is 0. The number of aromatic nitrogens is 3. The number of rotatable bonds is 4. The molecular formula is C12H13N5O4. The summed E-state index contributed by atoms with van der Waals surface area (Å²) >= 11 is 0. The molecule has 9 nitrogen and oxygen atoms in total. The van der Waals surface area contributed by atoms with Gasteiger partial charge in [0.05, 0.1) is 17.3 Å². The number of aromatic amines is 1. The Morgan fingerprint density at radius 3 is 2.76 bits per heavy atom. The number of carbonyl (C=O) groups is 2. The Morgan fingerprint density at radius 1 is 1.38 bits per heavy atom. The minimum atomic E-state index is -1.26. The van der Waals surface area contributed by atoms with Crippen molar-refractivity contribution in [2.45, 2.75) is 13.0 Å². The summed E-state index contributed by atoms with van der Waals surface area (Å²) < 4.78 is 0. The Bertz CT molecular complexity index is 656. The zero-order valence-corrected chi connectivity index (χ0v) is 11.0. The van der Waals surface area contributed by atoms with Gasteiger partial charge >= 0.3 is 12.0 Å². The summed E-state index contributed by atoms with van der Waals surface area (Å²) in [6.07, 6.45) is 1.31. The Hall–Kier alpha value is -3.10. The fraction of sp³-hybridized carbons (Fsp3) is 0.167. The number of anilines is 1. The Morgan fingerprint density at radius 2 is 2.14 bits per heavy atom. The van der Waals surface area contributed by atoms with E-state index in [2.05, 4.69) is 25.8 Å². The van der Waals surface area contributed by atoms with Crippen molar-refractivity contribution in [1.82, 2.24) is 20.5 Å². The van der Waals surface area contributed by atoms with Gasteiger partial charge in [0.25, 0.3) is 0 Å². The van der Waals surface area contributed by atoms with E-state index >= 15 is 0 Å². The molecule has 1 atom stereocenters. The average Bonchev–Trinajstić information content (AvgIpc) is 2.94. The predicted octanol–water partition coefficient (Wildman–Crippen LogP) is 1.09. The molecule has 9 heteroatoms. The number of amides is 2. The maximum atomic E-state index is 11.8. The van der Waals surface area contributed by atoms with Gasteiger partial charge in [-0.2, -0.15) is 5.10 Å². The van der Waals surface area contributed by atoms with Crippen molar-refractivity contribution in [3.8, 4) is 5.75 Å². The van der Waals surface area contributed by atoms with Crippen LogP contribution in [0.5, 0.6) is 5.75 Å². The maximum Gasteiger partial charge on any atom is 0.337 e. The molecule has 0 saturated carbocycles. The smallest absolute Gasteiger partial charge is 0.337 e. The number of aromatic hydroxyl groups is 1. The average molecular weight is 291 g/mol. The van der Waals surface area contributed by atoms with Crippen LogP contribution >= 0.6 is 0 Å². The second kappa shape index (κ2) is 5.90. The highest BCUT2D eigenvalue weighted by Gasteiger charge is 2.16. The third-order valence-corrected chi connectivity index (χ3v) is 2.67. The van der Waals surface area contributed by atoms with Gasteiger partial charge in [0.1, 0.15) is 17.9 Å². The lowest BCUT2D eigenvalue weighted by atomic mass is 10.1. The number of phenolic OH excluding ortho intramolecular Hbond substituents is 1. The van der Waals surface area contributed by atoms with Gasteiger partial charge in [-0.05, 0) is 25.1 Å². The van der Waals surface area contributed by atoms with Gasteiger partial charge in [-0.15, -0.1) is 0 Å². The Labute approximate surface area is 119 Å². The van der Waals surface area contributed by atoms with Crippen LogP contribution in [0.4, 0.5) is 10.5 Å². The van der Waals surface area contributed by atoms with Crippen LogP contribution in [0.1, 0.15) is 29.1 Å². The molecule has 1 heterocycles. The van der Waals surface area contributed by atoms with Crippen molar-refractivity contribution >= 4 is 17.7 Å². The van der Waals surface area contributed by atoms with Gasteiger partial charge in [-0.25, -0.2) is 14.6 Å². The largest absolute Gasteiger partial charge is 0.508 e. The van der Waals surface area contributed by atoms with Crippen LogP contribution in [-0.4, -0.2) is 37.4 Å². The van der Waals surface area contributed by atoms with E-state index < -0.39 is 18.0 Å². The molecule has 0 aliphatic heterocycles.